The van der Waals surface area contributed by atoms with Crippen LogP contribution in [0, 0.1) is 0 Å². The highest BCUT2D eigenvalue weighted by atomic mass is 16.3. The van der Waals surface area contributed by atoms with Crippen LogP contribution in [0.3, 0.4) is 0 Å². The van der Waals surface area contributed by atoms with E-state index in [0.717, 1.165) is 31.6 Å². The van der Waals surface area contributed by atoms with Gasteiger partial charge in [-0.2, -0.15) is 4.98 Å². The lowest BCUT2D eigenvalue weighted by atomic mass is 9.87. The molecule has 2 aromatic carbocycles. The van der Waals surface area contributed by atoms with Crippen LogP contribution in [0.4, 0.5) is 17.5 Å². The number of fused-ring (bicyclic) bond motifs is 1. The van der Waals surface area contributed by atoms with Crippen molar-refractivity contribution in [2.45, 2.75) is 51.6 Å². The third-order valence-electron chi connectivity index (χ3n) is 7.67. The quantitative estimate of drug-likeness (QED) is 0.321. The van der Waals surface area contributed by atoms with Crippen molar-refractivity contribution in [3.05, 3.63) is 77.6 Å². The Morgan fingerprint density at radius 3 is 2.19 bits per heavy atom. The first-order valence-corrected chi connectivity index (χ1v) is 14.8. The number of carbonyl (C=O) groups is 2. The molecular formula is C32H40N8O3. The number of nitrogens with one attached hydrogen (secondary N) is 2. The first kappa shape index (κ1) is 30.0. The number of aromatic nitrogens is 4. The van der Waals surface area contributed by atoms with Gasteiger partial charge >= 0.3 is 0 Å². The molecule has 3 N–H and O–H groups in total. The molecule has 0 radical (unpaired) electrons. The van der Waals surface area contributed by atoms with Gasteiger partial charge in [0.25, 0.3) is 11.8 Å². The summed E-state index contributed by atoms with van der Waals surface area (Å²) in [6.07, 6.45) is 6.67. The maximum Gasteiger partial charge on any atom is 0.254 e. The average Bonchev–Trinajstić information content (AvgIpc) is 3.49. The van der Waals surface area contributed by atoms with Crippen molar-refractivity contribution in [3.8, 4) is 0 Å². The SMILES string of the molecule is CNC(=O)c1ccc(C(C)(C)C)cc1.O=C(c1ccc(Nc2nc(N3CCCCC3)nn3ccnc23)cc1)N1CC(O)C1. The van der Waals surface area contributed by atoms with Crippen molar-refractivity contribution in [3.63, 3.8) is 0 Å². The fourth-order valence-corrected chi connectivity index (χ4v) is 5.03. The molecule has 2 fully saturated rings. The van der Waals surface area contributed by atoms with Crippen molar-refractivity contribution >= 4 is 34.9 Å². The molecule has 2 saturated heterocycles. The van der Waals surface area contributed by atoms with Gasteiger partial charge in [0.15, 0.2) is 11.5 Å². The number of nitrogens with zero attached hydrogens (tertiary/aromatic N) is 6. The number of anilines is 3. The van der Waals surface area contributed by atoms with E-state index in [1.165, 1.54) is 12.0 Å². The molecule has 0 bridgehead atoms. The second kappa shape index (κ2) is 12.8. The molecule has 2 aliphatic rings. The molecule has 6 rings (SSSR count). The summed E-state index contributed by atoms with van der Waals surface area (Å²) in [5.41, 5.74) is 4.16. The third-order valence-corrected chi connectivity index (χ3v) is 7.67. The molecule has 4 aromatic rings. The second-order valence-electron chi connectivity index (χ2n) is 12.0. The van der Waals surface area contributed by atoms with E-state index in [-0.39, 0.29) is 17.2 Å². The minimum atomic E-state index is -0.399. The van der Waals surface area contributed by atoms with Gasteiger partial charge in [-0.05, 0) is 66.6 Å². The van der Waals surface area contributed by atoms with Gasteiger partial charge in [-0.25, -0.2) is 9.50 Å². The van der Waals surface area contributed by atoms with Crippen molar-refractivity contribution in [2.24, 2.45) is 0 Å². The number of rotatable bonds is 5. The lowest BCUT2D eigenvalue weighted by Gasteiger charge is -2.35. The van der Waals surface area contributed by atoms with E-state index in [1.807, 2.05) is 42.6 Å². The van der Waals surface area contributed by atoms with Gasteiger partial charge in [0, 0.05) is 62.4 Å². The minimum absolute atomic E-state index is 0.0366. The Balaban J connectivity index is 0.000000222. The zero-order valence-corrected chi connectivity index (χ0v) is 25.2. The smallest absolute Gasteiger partial charge is 0.254 e. The lowest BCUT2D eigenvalue weighted by Crippen LogP contribution is -2.53. The summed E-state index contributed by atoms with van der Waals surface area (Å²) in [4.78, 5) is 36.6. The van der Waals surface area contributed by atoms with Crippen LogP contribution >= 0.6 is 0 Å². The van der Waals surface area contributed by atoms with Gasteiger partial charge in [-0.3, -0.25) is 9.59 Å². The molecule has 43 heavy (non-hydrogen) atoms. The monoisotopic (exact) mass is 584 g/mol. The summed E-state index contributed by atoms with van der Waals surface area (Å²) in [5.74, 6) is 1.23. The zero-order valence-electron chi connectivity index (χ0n) is 25.2. The first-order valence-electron chi connectivity index (χ1n) is 14.8. The van der Waals surface area contributed by atoms with E-state index in [4.69, 9.17) is 4.98 Å². The van der Waals surface area contributed by atoms with Crippen LogP contribution in [0.25, 0.3) is 5.65 Å². The molecule has 2 aromatic heterocycles. The van der Waals surface area contributed by atoms with Crippen LogP contribution in [-0.4, -0.2) is 80.7 Å². The summed E-state index contributed by atoms with van der Waals surface area (Å²) < 4.78 is 1.74. The first-order chi connectivity index (χ1) is 20.6. The fourth-order valence-electron chi connectivity index (χ4n) is 5.03. The maximum absolute atomic E-state index is 12.4. The fraction of sp³-hybridized carbons (Fsp3) is 0.406. The molecule has 2 amide bonds. The highest BCUT2D eigenvalue weighted by molar-refractivity contribution is 5.95. The third kappa shape index (κ3) is 7.11. The molecule has 0 saturated carbocycles. The number of β-amino-alcohol motifs (C(OH)–C–C–N with tert-alkyl or cyclic N) is 1. The van der Waals surface area contributed by atoms with Crippen molar-refractivity contribution < 1.29 is 14.7 Å². The number of likely N-dealkylation sites (tertiary alicyclic amines) is 1. The lowest BCUT2D eigenvalue weighted by molar-refractivity contribution is 0.00590. The number of piperidine rings is 1. The van der Waals surface area contributed by atoms with Gasteiger partial charge in [0.1, 0.15) is 0 Å². The van der Waals surface area contributed by atoms with Crippen molar-refractivity contribution in [2.75, 3.05) is 43.4 Å². The van der Waals surface area contributed by atoms with Crippen LogP contribution in [0.2, 0.25) is 0 Å². The predicted octanol–water partition coefficient (Wildman–Crippen LogP) is 4.02. The van der Waals surface area contributed by atoms with Crippen LogP contribution in [0.15, 0.2) is 60.9 Å². The summed E-state index contributed by atoms with van der Waals surface area (Å²) in [7, 11) is 1.64. The molecule has 226 valence electrons. The molecule has 0 spiro atoms. The highest BCUT2D eigenvalue weighted by Crippen LogP contribution is 2.24. The summed E-state index contributed by atoms with van der Waals surface area (Å²) >= 11 is 0. The summed E-state index contributed by atoms with van der Waals surface area (Å²) in [6.45, 7) is 9.18. The molecule has 0 atom stereocenters. The Bertz CT molecular complexity index is 1550. The van der Waals surface area contributed by atoms with E-state index in [2.05, 4.69) is 46.4 Å². The molecule has 4 heterocycles. The summed E-state index contributed by atoms with van der Waals surface area (Å²) in [5, 5.41) is 19.9. The number of aliphatic hydroxyl groups excluding tert-OH is 1. The Kier molecular flexibility index (Phi) is 8.91. The Labute approximate surface area is 251 Å². The van der Waals surface area contributed by atoms with Crippen molar-refractivity contribution in [1.82, 2.24) is 29.8 Å². The number of amides is 2. The van der Waals surface area contributed by atoms with E-state index < -0.39 is 6.10 Å². The second-order valence-corrected chi connectivity index (χ2v) is 12.0. The van der Waals surface area contributed by atoms with E-state index >= 15 is 0 Å². The molecular weight excluding hydrogens is 544 g/mol. The Hall–Kier alpha value is -4.51. The van der Waals surface area contributed by atoms with Gasteiger partial charge in [0.05, 0.1) is 6.10 Å². The van der Waals surface area contributed by atoms with E-state index in [0.29, 0.717) is 41.6 Å². The number of hydrogen-bond donors (Lipinski definition) is 3. The number of imidazole rings is 1. The zero-order chi connectivity index (χ0) is 30.6. The summed E-state index contributed by atoms with van der Waals surface area (Å²) in [6, 6.07) is 15.0. The van der Waals surface area contributed by atoms with Gasteiger partial charge < -0.3 is 25.5 Å². The van der Waals surface area contributed by atoms with Gasteiger partial charge in [-0.1, -0.05) is 32.9 Å². The van der Waals surface area contributed by atoms with E-state index in [9.17, 15) is 14.7 Å². The van der Waals surface area contributed by atoms with Crippen molar-refractivity contribution in [1.29, 1.82) is 0 Å². The molecule has 0 aliphatic carbocycles. The number of hydrogen-bond acceptors (Lipinski definition) is 8. The van der Waals surface area contributed by atoms with Crippen LogP contribution in [0.1, 0.15) is 66.3 Å². The van der Waals surface area contributed by atoms with Crippen LogP contribution in [-0.2, 0) is 5.41 Å². The standard InChI is InChI=1S/C20H23N7O2.C12H17NO/c28-16-12-26(13-16)19(29)14-4-6-15(7-5-14)22-17-18-21-8-11-27(18)24-20(23-17)25-9-2-1-3-10-25;1-12(2,3)10-7-5-9(6-8-10)11(14)13-4/h4-8,11,16,28H,1-3,9-10,12-13H2,(H,22,23,24);5-8H,1-4H3,(H,13,14). The van der Waals surface area contributed by atoms with Crippen LogP contribution < -0.4 is 15.5 Å². The minimum Gasteiger partial charge on any atom is -0.389 e. The predicted molar refractivity (Wildman–Crippen MR) is 167 cm³/mol. The number of benzene rings is 2. The normalized spacial score (nSPS) is 15.4. The molecule has 0 unspecified atom stereocenters. The topological polar surface area (TPSA) is 128 Å². The van der Waals surface area contributed by atoms with E-state index in [1.54, 1.807) is 34.8 Å². The largest absolute Gasteiger partial charge is 0.389 e. The Morgan fingerprint density at radius 1 is 0.930 bits per heavy atom. The highest BCUT2D eigenvalue weighted by Gasteiger charge is 2.29. The average molecular weight is 585 g/mol. The van der Waals surface area contributed by atoms with Crippen LogP contribution in [0.5, 0.6) is 0 Å². The Morgan fingerprint density at radius 2 is 1.58 bits per heavy atom. The molecule has 2 aliphatic heterocycles. The number of carbonyl (C=O) groups excluding carboxylic acids is 2. The molecule has 11 heteroatoms. The van der Waals surface area contributed by atoms with Gasteiger partial charge in [-0.15, -0.1) is 5.10 Å². The van der Waals surface area contributed by atoms with Gasteiger partial charge in [0.2, 0.25) is 5.95 Å². The number of aliphatic hydroxyl groups is 1. The molecule has 11 nitrogen and oxygen atoms in total. The maximum atomic E-state index is 12.4.